The van der Waals surface area contributed by atoms with Crippen molar-refractivity contribution in [3.05, 3.63) is 11.7 Å². The quantitative estimate of drug-likeness (QED) is 0.617. The van der Waals surface area contributed by atoms with E-state index in [4.69, 9.17) is 20.3 Å². The van der Waals surface area contributed by atoms with Crippen molar-refractivity contribution in [3.63, 3.8) is 0 Å². The average molecular weight is 261 g/mol. The molecule has 0 unspecified atom stereocenters. The van der Waals surface area contributed by atoms with E-state index in [9.17, 15) is 0 Å². The lowest BCUT2D eigenvalue weighted by atomic mass is 9.79. The lowest BCUT2D eigenvalue weighted by Crippen LogP contribution is -2.41. The number of nitrogens with zero attached hydrogens (tertiary/aromatic N) is 2. The van der Waals surface area contributed by atoms with Crippen LogP contribution < -0.4 is 5.73 Å². The minimum atomic E-state index is -0.544. The Morgan fingerprint density at radius 2 is 1.79 bits per heavy atom. The van der Waals surface area contributed by atoms with E-state index in [2.05, 4.69) is 11.1 Å². The molecule has 0 bridgehead atoms. The minimum absolute atomic E-state index is 0.410. The van der Waals surface area contributed by atoms with E-state index in [0.29, 0.717) is 5.47 Å². The standard InChI is InChI=1S/C13H20BN3O2/c1-11(2)12(3,4)19-14(18-11)10(7-15)8-17-13(9-16)5-6-13/h7-8H,5-6,15H2,1-4H3/b10-7+,17-8?. The molecular weight excluding hydrogens is 241 g/mol. The number of nitrogens with two attached hydrogens (primary N) is 1. The summed E-state index contributed by atoms with van der Waals surface area (Å²) in [5.41, 5.74) is 4.91. The second-order valence-corrected chi connectivity index (χ2v) is 6.16. The Bertz CT molecular complexity index is 457. The predicted octanol–water partition coefficient (Wildman–Crippen LogP) is 1.59. The highest BCUT2D eigenvalue weighted by Crippen LogP contribution is 2.40. The number of nitriles is 1. The Morgan fingerprint density at radius 3 is 2.16 bits per heavy atom. The molecule has 0 spiro atoms. The van der Waals surface area contributed by atoms with Crippen molar-refractivity contribution >= 4 is 13.3 Å². The molecule has 2 rings (SSSR count). The molecule has 0 aromatic heterocycles. The number of rotatable bonds is 3. The van der Waals surface area contributed by atoms with Crippen LogP contribution in [-0.2, 0) is 9.31 Å². The van der Waals surface area contributed by atoms with Crippen LogP contribution in [0.3, 0.4) is 0 Å². The number of allylic oxidation sites excluding steroid dienone is 1. The van der Waals surface area contributed by atoms with Crippen molar-refractivity contribution in [2.75, 3.05) is 0 Å². The van der Waals surface area contributed by atoms with Gasteiger partial charge in [-0.3, -0.25) is 4.99 Å². The average Bonchev–Trinajstić information content (AvgIpc) is 3.04. The first-order valence-corrected chi connectivity index (χ1v) is 6.49. The summed E-state index contributed by atoms with van der Waals surface area (Å²) in [6, 6.07) is 2.21. The van der Waals surface area contributed by atoms with E-state index in [1.807, 2.05) is 27.7 Å². The van der Waals surface area contributed by atoms with Gasteiger partial charge in [0.15, 0.2) is 0 Å². The Hall–Kier alpha value is -1.32. The van der Waals surface area contributed by atoms with Gasteiger partial charge in [-0.1, -0.05) is 0 Å². The minimum Gasteiger partial charge on any atom is -0.405 e. The van der Waals surface area contributed by atoms with Crippen molar-refractivity contribution in [1.29, 1.82) is 5.26 Å². The Morgan fingerprint density at radius 1 is 1.26 bits per heavy atom. The summed E-state index contributed by atoms with van der Waals surface area (Å²) < 4.78 is 11.8. The van der Waals surface area contributed by atoms with Gasteiger partial charge in [0.25, 0.3) is 0 Å². The van der Waals surface area contributed by atoms with Gasteiger partial charge >= 0.3 is 7.12 Å². The van der Waals surface area contributed by atoms with Crippen molar-refractivity contribution < 1.29 is 9.31 Å². The summed E-state index contributed by atoms with van der Waals surface area (Å²) in [6.07, 6.45) is 4.65. The third-order valence-electron chi connectivity index (χ3n) is 4.11. The lowest BCUT2D eigenvalue weighted by molar-refractivity contribution is 0.00578. The third kappa shape index (κ3) is 2.53. The second-order valence-electron chi connectivity index (χ2n) is 6.16. The van der Waals surface area contributed by atoms with Crippen molar-refractivity contribution in [2.45, 2.75) is 57.3 Å². The highest BCUT2D eigenvalue weighted by atomic mass is 16.7. The molecule has 0 amide bonds. The molecule has 0 aromatic carbocycles. The number of aliphatic imine (C=N–C) groups is 1. The Balaban J connectivity index is 2.12. The van der Waals surface area contributed by atoms with Crippen LogP contribution in [0.15, 0.2) is 16.7 Å². The lowest BCUT2D eigenvalue weighted by Gasteiger charge is -2.32. The van der Waals surface area contributed by atoms with Gasteiger partial charge in [0.1, 0.15) is 5.54 Å². The molecule has 0 atom stereocenters. The first kappa shape index (κ1) is 14.1. The normalized spacial score (nSPS) is 27.5. The maximum Gasteiger partial charge on any atom is 0.497 e. The molecule has 1 aliphatic heterocycles. The first-order valence-electron chi connectivity index (χ1n) is 6.49. The summed E-state index contributed by atoms with van der Waals surface area (Å²) >= 11 is 0. The van der Waals surface area contributed by atoms with E-state index in [1.54, 1.807) is 6.21 Å². The fraction of sp³-hybridized carbons (Fsp3) is 0.692. The van der Waals surface area contributed by atoms with Gasteiger partial charge in [0, 0.05) is 11.7 Å². The summed E-state index contributed by atoms with van der Waals surface area (Å²) in [6.45, 7) is 7.93. The summed E-state index contributed by atoms with van der Waals surface area (Å²) in [4.78, 5) is 4.30. The molecule has 1 heterocycles. The van der Waals surface area contributed by atoms with Crippen LogP contribution in [0, 0.1) is 11.3 Å². The maximum absolute atomic E-state index is 9.00. The topological polar surface area (TPSA) is 80.6 Å². The Labute approximate surface area is 114 Å². The first-order chi connectivity index (χ1) is 8.75. The monoisotopic (exact) mass is 261 g/mol. The fourth-order valence-electron chi connectivity index (χ4n) is 1.75. The van der Waals surface area contributed by atoms with Crippen LogP contribution in [0.2, 0.25) is 0 Å². The van der Waals surface area contributed by atoms with Crippen LogP contribution >= 0.6 is 0 Å². The molecule has 2 N–H and O–H groups in total. The van der Waals surface area contributed by atoms with Gasteiger partial charge < -0.3 is 15.0 Å². The predicted molar refractivity (Wildman–Crippen MR) is 74.4 cm³/mol. The summed E-state index contributed by atoms with van der Waals surface area (Å²) in [7, 11) is -0.534. The van der Waals surface area contributed by atoms with Crippen LogP contribution in [-0.4, -0.2) is 30.1 Å². The molecule has 19 heavy (non-hydrogen) atoms. The maximum atomic E-state index is 9.00. The van der Waals surface area contributed by atoms with Crippen molar-refractivity contribution in [2.24, 2.45) is 10.7 Å². The molecule has 102 valence electrons. The summed E-state index contributed by atoms with van der Waals surface area (Å²) in [5, 5.41) is 9.00. The SMILES string of the molecule is CC1(C)OB(/C(C=NC2(C#N)CC2)=C/N)OC1(C)C. The van der Waals surface area contributed by atoms with Gasteiger partial charge in [0.05, 0.1) is 17.3 Å². The zero-order valence-corrected chi connectivity index (χ0v) is 11.9. The molecule has 2 aliphatic rings. The van der Waals surface area contributed by atoms with Gasteiger partial charge in [0.2, 0.25) is 0 Å². The molecule has 5 nitrogen and oxygen atoms in total. The van der Waals surface area contributed by atoms with Gasteiger partial charge in [-0.15, -0.1) is 0 Å². The van der Waals surface area contributed by atoms with Crippen LogP contribution in [0.5, 0.6) is 0 Å². The van der Waals surface area contributed by atoms with E-state index in [1.165, 1.54) is 6.20 Å². The number of hydrogen-bond acceptors (Lipinski definition) is 5. The molecule has 6 heteroatoms. The smallest absolute Gasteiger partial charge is 0.405 e. The molecule has 1 saturated heterocycles. The number of hydrogen-bond donors (Lipinski definition) is 1. The highest BCUT2D eigenvalue weighted by Gasteiger charge is 2.52. The molecule has 2 fully saturated rings. The van der Waals surface area contributed by atoms with E-state index in [0.717, 1.165) is 12.8 Å². The molecule has 1 aliphatic carbocycles. The highest BCUT2D eigenvalue weighted by molar-refractivity contribution is 6.60. The van der Waals surface area contributed by atoms with Crippen LogP contribution in [0.25, 0.3) is 0 Å². The molecule has 0 aromatic rings. The van der Waals surface area contributed by atoms with E-state index >= 15 is 0 Å². The van der Waals surface area contributed by atoms with Crippen LogP contribution in [0.1, 0.15) is 40.5 Å². The third-order valence-corrected chi connectivity index (χ3v) is 4.11. The van der Waals surface area contributed by atoms with Gasteiger partial charge in [-0.05, 0) is 46.7 Å². The summed E-state index contributed by atoms with van der Waals surface area (Å²) in [5.74, 6) is 0. The van der Waals surface area contributed by atoms with E-state index < -0.39 is 23.9 Å². The molecule has 1 saturated carbocycles. The van der Waals surface area contributed by atoms with Gasteiger partial charge in [-0.2, -0.15) is 5.26 Å². The second kappa shape index (κ2) is 4.36. The zero-order chi connectivity index (χ0) is 14.3. The van der Waals surface area contributed by atoms with Crippen molar-refractivity contribution in [1.82, 2.24) is 0 Å². The van der Waals surface area contributed by atoms with E-state index in [-0.39, 0.29) is 0 Å². The molecule has 0 radical (unpaired) electrons. The Kier molecular flexibility index (Phi) is 3.24. The largest absolute Gasteiger partial charge is 0.497 e. The fourth-order valence-corrected chi connectivity index (χ4v) is 1.75. The van der Waals surface area contributed by atoms with Gasteiger partial charge in [-0.25, -0.2) is 0 Å². The zero-order valence-electron chi connectivity index (χ0n) is 11.9. The van der Waals surface area contributed by atoms with Crippen LogP contribution in [0.4, 0.5) is 0 Å². The molecular formula is C13H20BN3O2. The van der Waals surface area contributed by atoms with Crippen molar-refractivity contribution in [3.8, 4) is 6.07 Å².